The Balaban J connectivity index is 1.55. The van der Waals surface area contributed by atoms with Gasteiger partial charge >= 0.3 is 5.96 Å². The molecule has 152 valence electrons. The first-order valence-electron chi connectivity index (χ1n) is 9.92. The van der Waals surface area contributed by atoms with Gasteiger partial charge < -0.3 is 0 Å². The van der Waals surface area contributed by atoms with Crippen LogP contribution in [0.3, 0.4) is 0 Å². The molecule has 3 N–H and O–H groups in total. The van der Waals surface area contributed by atoms with E-state index in [0.717, 1.165) is 26.6 Å². The van der Waals surface area contributed by atoms with Crippen molar-refractivity contribution in [1.29, 1.82) is 0 Å². The van der Waals surface area contributed by atoms with Gasteiger partial charge in [-0.25, -0.2) is 20.0 Å². The number of carbonyl (C=O) groups excluding carboxylic acids is 1. The molecule has 0 amide bonds. The molecule has 30 heavy (non-hydrogen) atoms. The molecule has 5 rings (SSSR count). The molecule has 2 atom stereocenters. The fraction of sp³-hybridized carbons (Fsp3) is 0.261. The van der Waals surface area contributed by atoms with Crippen molar-refractivity contribution in [3.05, 3.63) is 71.7 Å². The lowest BCUT2D eigenvalue weighted by atomic mass is 9.72. The molecule has 1 aliphatic heterocycles. The Morgan fingerprint density at radius 3 is 2.73 bits per heavy atom. The number of carbonyl (C=O) groups is 1. The van der Waals surface area contributed by atoms with Crippen LogP contribution in [0.25, 0.3) is 10.2 Å². The molecule has 3 aromatic rings. The van der Waals surface area contributed by atoms with Crippen molar-refractivity contribution >= 4 is 38.4 Å². The van der Waals surface area contributed by atoms with E-state index in [0.29, 0.717) is 12.4 Å². The van der Waals surface area contributed by atoms with Crippen molar-refractivity contribution in [2.45, 2.75) is 26.3 Å². The van der Waals surface area contributed by atoms with E-state index in [2.05, 4.69) is 40.5 Å². The molecule has 0 radical (unpaired) electrons. The molecule has 1 aliphatic carbocycles. The Labute approximate surface area is 177 Å². The summed E-state index contributed by atoms with van der Waals surface area (Å²) in [6.07, 6.45) is 2.61. The fourth-order valence-electron chi connectivity index (χ4n) is 4.24. The quantitative estimate of drug-likeness (QED) is 0.595. The van der Waals surface area contributed by atoms with Crippen LogP contribution in [-0.4, -0.2) is 16.7 Å². The number of allylic oxidation sites excluding steroid dienone is 1. The van der Waals surface area contributed by atoms with E-state index in [9.17, 15) is 9.18 Å². The lowest BCUT2D eigenvalue weighted by Crippen LogP contribution is -2.84. The highest BCUT2D eigenvalue weighted by Crippen LogP contribution is 2.38. The molecule has 0 spiro atoms. The summed E-state index contributed by atoms with van der Waals surface area (Å²) >= 11 is 1.56. The van der Waals surface area contributed by atoms with Crippen molar-refractivity contribution in [3.63, 3.8) is 0 Å². The molecule has 0 fully saturated rings. The van der Waals surface area contributed by atoms with Crippen LogP contribution in [0, 0.1) is 17.2 Å². The van der Waals surface area contributed by atoms with Gasteiger partial charge in [0.15, 0.2) is 0 Å². The number of nitrogens with one attached hydrogen (secondary N) is 3. The van der Waals surface area contributed by atoms with Crippen LogP contribution in [-0.2, 0) is 4.79 Å². The maximum Gasteiger partial charge on any atom is 0.355 e. The first-order chi connectivity index (χ1) is 14.4. The molecule has 7 heteroatoms. The largest absolute Gasteiger partial charge is 0.355 e. The predicted octanol–water partition coefficient (Wildman–Crippen LogP) is 3.13. The summed E-state index contributed by atoms with van der Waals surface area (Å²) in [5.41, 5.74) is 2.45. The molecule has 0 saturated carbocycles. The van der Waals surface area contributed by atoms with Gasteiger partial charge in [-0.1, -0.05) is 49.4 Å². The first kappa shape index (κ1) is 18.9. The average molecular weight is 422 g/mol. The molecule has 2 aromatic carbocycles. The second-order valence-electron chi connectivity index (χ2n) is 8.49. The lowest BCUT2D eigenvalue weighted by Gasteiger charge is -2.36. The zero-order valence-electron chi connectivity index (χ0n) is 16.7. The van der Waals surface area contributed by atoms with E-state index in [1.54, 1.807) is 23.5 Å². The van der Waals surface area contributed by atoms with E-state index >= 15 is 0 Å². The number of ketones is 1. The van der Waals surface area contributed by atoms with Crippen LogP contribution in [0.1, 0.15) is 31.9 Å². The van der Waals surface area contributed by atoms with Gasteiger partial charge in [0.1, 0.15) is 23.6 Å². The van der Waals surface area contributed by atoms with Gasteiger partial charge in [-0.3, -0.25) is 9.79 Å². The van der Waals surface area contributed by atoms with Crippen LogP contribution in [0.2, 0.25) is 0 Å². The Morgan fingerprint density at radius 2 is 1.97 bits per heavy atom. The third kappa shape index (κ3) is 3.50. The standard InChI is InChI=1S/C23H21FN4OS/c1-23(2)11-16-19(17(29)12-23)20(13-7-9-14(24)10-8-13)27-21(25-16)28-22-26-15-5-3-4-6-18(15)30-22/h3-11,19-20H,12H2,1-2H3,(H2,25,26,27,28)/p+1/t19-,20-/m1/s1. The first-order valence-corrected chi connectivity index (χ1v) is 10.7. The highest BCUT2D eigenvalue weighted by atomic mass is 32.1. The Hall–Kier alpha value is -3.06. The number of anilines is 1. The molecule has 2 heterocycles. The summed E-state index contributed by atoms with van der Waals surface area (Å²) in [6.45, 7) is 4.12. The minimum Gasteiger partial charge on any atom is -0.299 e. The summed E-state index contributed by atoms with van der Waals surface area (Å²) in [4.78, 5) is 21.1. The average Bonchev–Trinajstić information content (AvgIpc) is 3.09. The molecule has 5 nitrogen and oxygen atoms in total. The van der Waals surface area contributed by atoms with Crippen molar-refractivity contribution in [2.24, 2.45) is 11.3 Å². The van der Waals surface area contributed by atoms with Crippen LogP contribution >= 0.6 is 11.3 Å². The van der Waals surface area contributed by atoms with Gasteiger partial charge in [-0.05, 0) is 41.3 Å². The molecular weight excluding hydrogens is 399 g/mol. The number of benzene rings is 2. The Kier molecular flexibility index (Phi) is 4.43. The predicted molar refractivity (Wildman–Crippen MR) is 116 cm³/mol. The molecule has 0 unspecified atom stereocenters. The monoisotopic (exact) mass is 421 g/mol. The Morgan fingerprint density at radius 1 is 1.20 bits per heavy atom. The zero-order valence-corrected chi connectivity index (χ0v) is 17.5. The normalized spacial score (nSPS) is 22.7. The molecule has 0 saturated heterocycles. The van der Waals surface area contributed by atoms with Gasteiger partial charge in [-0.15, -0.1) is 0 Å². The lowest BCUT2D eigenvalue weighted by molar-refractivity contribution is -0.522. The Bertz CT molecular complexity index is 1160. The van der Waals surface area contributed by atoms with Gasteiger partial charge in [0.2, 0.25) is 0 Å². The highest BCUT2D eigenvalue weighted by molar-refractivity contribution is 7.22. The summed E-state index contributed by atoms with van der Waals surface area (Å²) in [5, 5.41) is 7.46. The minimum absolute atomic E-state index is 0.172. The number of thiazole rings is 1. The third-order valence-electron chi connectivity index (χ3n) is 5.52. The second kappa shape index (κ2) is 7.02. The SMILES string of the molecule is CC1(C)C=C2NC(Nc3nc4ccccc4s3)=[NH+][C@H](c3ccc(F)cc3)[C@H]2C(=O)C1. The molecule has 2 aliphatic rings. The third-order valence-corrected chi connectivity index (χ3v) is 6.47. The molecule has 1 aromatic heterocycles. The van der Waals surface area contributed by atoms with Crippen LogP contribution in [0.5, 0.6) is 0 Å². The van der Waals surface area contributed by atoms with E-state index < -0.39 is 0 Å². The maximum atomic E-state index is 13.5. The van der Waals surface area contributed by atoms with Crippen molar-refractivity contribution < 1.29 is 14.2 Å². The number of hydrogen-bond acceptors (Lipinski definition) is 5. The number of halogens is 1. The van der Waals surface area contributed by atoms with Crippen LogP contribution < -0.4 is 15.6 Å². The van der Waals surface area contributed by atoms with Gasteiger partial charge in [-0.2, -0.15) is 0 Å². The van der Waals surface area contributed by atoms with Crippen molar-refractivity contribution in [2.75, 3.05) is 5.32 Å². The van der Waals surface area contributed by atoms with Crippen molar-refractivity contribution in [3.8, 4) is 0 Å². The number of fused-ring (bicyclic) bond motifs is 2. The van der Waals surface area contributed by atoms with Gasteiger partial charge in [0.25, 0.3) is 5.13 Å². The summed E-state index contributed by atoms with van der Waals surface area (Å²) in [5.74, 6) is 0.197. The van der Waals surface area contributed by atoms with E-state index in [1.165, 1.54) is 12.1 Å². The van der Waals surface area contributed by atoms with Crippen LogP contribution in [0.4, 0.5) is 9.52 Å². The number of aromatic nitrogens is 1. The van der Waals surface area contributed by atoms with E-state index in [-0.39, 0.29) is 29.0 Å². The number of guanidine groups is 1. The number of para-hydroxylation sites is 1. The van der Waals surface area contributed by atoms with E-state index in [4.69, 9.17) is 0 Å². The number of nitrogens with zero attached hydrogens (tertiary/aromatic N) is 1. The smallest absolute Gasteiger partial charge is 0.299 e. The highest BCUT2D eigenvalue weighted by Gasteiger charge is 2.45. The minimum atomic E-state index is -0.343. The van der Waals surface area contributed by atoms with E-state index in [1.807, 2.05) is 24.3 Å². The zero-order chi connectivity index (χ0) is 20.9. The fourth-order valence-corrected chi connectivity index (χ4v) is 5.11. The molecule has 0 bridgehead atoms. The number of Topliss-reactive ketones (excluding diaryl/α,β-unsaturated/α-hetero) is 1. The van der Waals surface area contributed by atoms with Gasteiger partial charge in [0.05, 0.1) is 15.9 Å². The second-order valence-corrected chi connectivity index (χ2v) is 9.52. The van der Waals surface area contributed by atoms with Crippen molar-refractivity contribution in [1.82, 2.24) is 10.3 Å². The molecular formula is C23H22FN4OS+. The summed E-state index contributed by atoms with van der Waals surface area (Å²) in [6, 6.07) is 14.0. The summed E-state index contributed by atoms with van der Waals surface area (Å²) in [7, 11) is 0. The summed E-state index contributed by atoms with van der Waals surface area (Å²) < 4.78 is 14.6. The topological polar surface area (TPSA) is 68.0 Å². The maximum absolute atomic E-state index is 13.5. The van der Waals surface area contributed by atoms with Crippen LogP contribution in [0.15, 0.2) is 60.3 Å². The number of hydrogen-bond donors (Lipinski definition) is 3. The number of rotatable bonds is 2. The van der Waals surface area contributed by atoms with Gasteiger partial charge in [0, 0.05) is 6.42 Å².